The van der Waals surface area contributed by atoms with E-state index in [4.69, 9.17) is 4.43 Å². The lowest BCUT2D eigenvalue weighted by molar-refractivity contribution is -0.127. The quantitative estimate of drug-likeness (QED) is 0.665. The third-order valence-electron chi connectivity index (χ3n) is 5.83. The first-order valence-electron chi connectivity index (χ1n) is 8.09. The van der Waals surface area contributed by atoms with Gasteiger partial charge in [-0.1, -0.05) is 41.5 Å². The van der Waals surface area contributed by atoms with Gasteiger partial charge in [-0.05, 0) is 42.8 Å². The number of carbonyl (C=O) groups is 1. The lowest BCUT2D eigenvalue weighted by Crippen LogP contribution is -2.42. The molecule has 2 nitrogen and oxygen atoms in total. The average molecular weight is 299 g/mol. The second kappa shape index (κ2) is 5.92. The highest BCUT2D eigenvalue weighted by molar-refractivity contribution is 6.74. The third kappa shape index (κ3) is 3.54. The van der Waals surface area contributed by atoms with Crippen LogP contribution in [0.1, 0.15) is 60.8 Å². The molecule has 0 unspecified atom stereocenters. The van der Waals surface area contributed by atoms with Crippen LogP contribution in [0.25, 0.3) is 0 Å². The van der Waals surface area contributed by atoms with Crippen molar-refractivity contribution in [3.8, 4) is 0 Å². The maximum absolute atomic E-state index is 12.3. The molecule has 0 radical (unpaired) electrons. The summed E-state index contributed by atoms with van der Waals surface area (Å²) >= 11 is 0. The van der Waals surface area contributed by atoms with Gasteiger partial charge in [0.2, 0.25) is 0 Å². The van der Waals surface area contributed by atoms with Crippen LogP contribution in [0.3, 0.4) is 0 Å². The van der Waals surface area contributed by atoms with Crippen LogP contribution in [0.15, 0.2) is 0 Å². The van der Waals surface area contributed by atoms with Gasteiger partial charge in [-0.2, -0.15) is 0 Å². The Balaban J connectivity index is 2.66. The van der Waals surface area contributed by atoms with Gasteiger partial charge in [-0.25, -0.2) is 0 Å². The molecule has 20 heavy (non-hydrogen) atoms. The summed E-state index contributed by atoms with van der Waals surface area (Å²) < 4.78 is 6.28. The Hall–Kier alpha value is -0.153. The van der Waals surface area contributed by atoms with E-state index >= 15 is 0 Å². The van der Waals surface area contributed by atoms with E-state index in [2.05, 4.69) is 54.6 Å². The number of hydrogen-bond acceptors (Lipinski definition) is 2. The summed E-state index contributed by atoms with van der Waals surface area (Å²) in [5.74, 6) is 1.56. The monoisotopic (exact) mass is 298 g/mol. The van der Waals surface area contributed by atoms with Crippen LogP contribution in [0.5, 0.6) is 0 Å². The van der Waals surface area contributed by atoms with E-state index in [-0.39, 0.29) is 10.5 Å². The Bertz CT molecular complexity index is 354. The van der Waals surface area contributed by atoms with Crippen molar-refractivity contribution in [1.82, 2.24) is 0 Å². The van der Waals surface area contributed by atoms with E-state index in [0.29, 0.717) is 17.6 Å². The Morgan fingerprint density at radius 2 is 1.90 bits per heavy atom. The minimum Gasteiger partial charge on any atom is -0.417 e. The van der Waals surface area contributed by atoms with Gasteiger partial charge in [0.25, 0.3) is 0 Å². The molecule has 1 fully saturated rings. The molecule has 1 aliphatic carbocycles. The molecule has 0 bridgehead atoms. The van der Waals surface area contributed by atoms with Gasteiger partial charge in [-0.15, -0.1) is 0 Å². The molecule has 2 atom stereocenters. The molecule has 0 aliphatic heterocycles. The van der Waals surface area contributed by atoms with E-state index < -0.39 is 8.32 Å². The van der Waals surface area contributed by atoms with Gasteiger partial charge in [0, 0.05) is 18.4 Å². The second-order valence-corrected chi connectivity index (χ2v) is 13.4. The van der Waals surface area contributed by atoms with Crippen molar-refractivity contribution in [2.45, 2.75) is 78.9 Å². The largest absolute Gasteiger partial charge is 0.417 e. The van der Waals surface area contributed by atoms with Crippen molar-refractivity contribution in [1.29, 1.82) is 0 Å². The molecule has 0 aromatic carbocycles. The van der Waals surface area contributed by atoms with Gasteiger partial charge in [0.15, 0.2) is 8.32 Å². The van der Waals surface area contributed by atoms with Crippen molar-refractivity contribution in [2.24, 2.45) is 17.3 Å². The van der Waals surface area contributed by atoms with Gasteiger partial charge in [-0.3, -0.25) is 4.79 Å². The number of ketones is 1. The normalized spacial score (nSPS) is 28.4. The molecule has 0 N–H and O–H groups in total. The van der Waals surface area contributed by atoms with E-state index in [0.717, 1.165) is 25.9 Å². The van der Waals surface area contributed by atoms with Gasteiger partial charge in [0.1, 0.15) is 5.78 Å². The summed E-state index contributed by atoms with van der Waals surface area (Å²) in [7, 11) is -1.69. The zero-order valence-electron chi connectivity index (χ0n) is 14.8. The summed E-state index contributed by atoms with van der Waals surface area (Å²) in [5.41, 5.74) is -0.156. The van der Waals surface area contributed by atoms with Crippen LogP contribution >= 0.6 is 0 Å². The molecule has 1 rings (SSSR count). The molecule has 0 saturated heterocycles. The topological polar surface area (TPSA) is 26.3 Å². The Morgan fingerprint density at radius 1 is 1.35 bits per heavy atom. The molecule has 118 valence electrons. The molecule has 1 saturated carbocycles. The summed E-state index contributed by atoms with van der Waals surface area (Å²) in [5, 5.41) is 0.241. The maximum Gasteiger partial charge on any atom is 0.191 e. The lowest BCUT2D eigenvalue weighted by atomic mass is 9.71. The Kier molecular flexibility index (Phi) is 5.30. The van der Waals surface area contributed by atoms with Crippen molar-refractivity contribution in [2.75, 3.05) is 6.61 Å². The van der Waals surface area contributed by atoms with E-state index in [1.807, 2.05) is 0 Å². The van der Waals surface area contributed by atoms with Crippen LogP contribution in [0, 0.1) is 17.3 Å². The van der Waals surface area contributed by atoms with Gasteiger partial charge >= 0.3 is 0 Å². The molecule has 0 aromatic rings. The molecule has 0 heterocycles. The average Bonchev–Trinajstić information content (AvgIpc) is 2.53. The summed E-state index contributed by atoms with van der Waals surface area (Å²) in [4.78, 5) is 12.3. The predicted molar refractivity (Wildman–Crippen MR) is 88.4 cm³/mol. The molecule has 0 aromatic heterocycles. The van der Waals surface area contributed by atoms with Gasteiger partial charge in [0.05, 0.1) is 0 Å². The fraction of sp³-hybridized carbons (Fsp3) is 0.941. The fourth-order valence-corrected chi connectivity index (χ4v) is 4.27. The Labute approximate surface area is 126 Å². The van der Waals surface area contributed by atoms with Crippen LogP contribution < -0.4 is 0 Å². The zero-order chi connectivity index (χ0) is 15.8. The first-order chi connectivity index (χ1) is 8.92. The fourth-order valence-electron chi connectivity index (χ4n) is 3.23. The van der Waals surface area contributed by atoms with Crippen LogP contribution in [0.2, 0.25) is 18.1 Å². The molecule has 1 aliphatic rings. The molecule has 3 heteroatoms. The second-order valence-electron chi connectivity index (χ2n) is 8.59. The standard InChI is InChI=1S/C17H34O2Si/c1-13(2)14-9-10-15(18)17(14,6)11-12-19-20(7,8)16(3,4)5/h13-14H,9-12H2,1-8H3/t14-,17-/m0/s1. The van der Waals surface area contributed by atoms with Crippen LogP contribution in [0.4, 0.5) is 0 Å². The van der Waals surface area contributed by atoms with Crippen molar-refractivity contribution < 1.29 is 9.22 Å². The zero-order valence-corrected chi connectivity index (χ0v) is 15.8. The predicted octanol–water partition coefficient (Wildman–Crippen LogP) is 5.04. The first kappa shape index (κ1) is 17.9. The summed E-state index contributed by atoms with van der Waals surface area (Å²) in [6.45, 7) is 18.8. The van der Waals surface area contributed by atoms with Gasteiger partial charge < -0.3 is 4.43 Å². The van der Waals surface area contributed by atoms with E-state index in [1.54, 1.807) is 0 Å². The minimum atomic E-state index is -1.69. The third-order valence-corrected chi connectivity index (χ3v) is 10.4. The van der Waals surface area contributed by atoms with Crippen molar-refractivity contribution in [3.05, 3.63) is 0 Å². The highest BCUT2D eigenvalue weighted by atomic mass is 28.4. The SMILES string of the molecule is CC(C)[C@@H]1CCC(=O)[C@@]1(C)CCO[Si](C)(C)C(C)(C)C. The summed E-state index contributed by atoms with van der Waals surface area (Å²) in [6, 6.07) is 0. The highest BCUT2D eigenvalue weighted by Gasteiger charge is 2.47. The molecular formula is C17H34O2Si. The van der Waals surface area contributed by atoms with E-state index in [9.17, 15) is 4.79 Å². The van der Waals surface area contributed by atoms with E-state index in [1.165, 1.54) is 0 Å². The van der Waals surface area contributed by atoms with Crippen LogP contribution in [-0.2, 0) is 9.22 Å². The number of carbonyl (C=O) groups excluding carboxylic acids is 1. The number of Topliss-reactive ketones (excluding diaryl/α,β-unsaturated/α-hetero) is 1. The number of rotatable bonds is 5. The minimum absolute atomic E-state index is 0.156. The highest BCUT2D eigenvalue weighted by Crippen LogP contribution is 2.47. The maximum atomic E-state index is 12.3. The molecule has 0 amide bonds. The Morgan fingerprint density at radius 3 is 2.35 bits per heavy atom. The molecule has 0 spiro atoms. The smallest absolute Gasteiger partial charge is 0.191 e. The molecular weight excluding hydrogens is 264 g/mol. The lowest BCUT2D eigenvalue weighted by Gasteiger charge is -2.38. The first-order valence-corrected chi connectivity index (χ1v) is 11.0. The van der Waals surface area contributed by atoms with Crippen molar-refractivity contribution in [3.63, 3.8) is 0 Å². The number of hydrogen-bond donors (Lipinski definition) is 0. The van der Waals surface area contributed by atoms with Crippen LogP contribution in [-0.4, -0.2) is 20.7 Å². The summed E-state index contributed by atoms with van der Waals surface area (Å²) in [6.07, 6.45) is 2.72. The van der Waals surface area contributed by atoms with Crippen molar-refractivity contribution >= 4 is 14.1 Å².